The second-order valence-electron chi connectivity index (χ2n) is 16.1. The predicted octanol–water partition coefficient (Wildman–Crippen LogP) is 8.79. The normalized spacial score (nSPS) is 17.6. The summed E-state index contributed by atoms with van der Waals surface area (Å²) in [4.78, 5) is 28.3. The number of fused-ring (bicyclic) bond motifs is 1. The minimum atomic E-state index is -2.88. The average Bonchev–Trinajstić information content (AvgIpc) is 3.80. The Morgan fingerprint density at radius 1 is 0.882 bits per heavy atom. The molecule has 5 rings (SSSR count). The van der Waals surface area contributed by atoms with E-state index in [0.717, 1.165) is 35.7 Å². The SMILES string of the molecule is CCCc1c(C(C[C@@H](CO[Si](c2ccccc2)(c2ccccc2)C(C)(C)C)C[C@]2(CC)CO2)C(=O)OC)n(C(=O)OC(C)(C)C)c2ccccc12. The minimum Gasteiger partial charge on any atom is -0.469 e. The van der Waals surface area contributed by atoms with Gasteiger partial charge in [0.05, 0.1) is 30.8 Å². The predicted molar refractivity (Wildman–Crippen MR) is 208 cm³/mol. The molecule has 0 N–H and O–H groups in total. The number of aryl methyl sites for hydroxylation is 1. The Kier molecular flexibility index (Phi) is 11.7. The van der Waals surface area contributed by atoms with Crippen LogP contribution < -0.4 is 10.4 Å². The number of carbonyl (C=O) groups excluding carboxylic acids is 2. The zero-order valence-electron chi connectivity index (χ0n) is 32.1. The van der Waals surface area contributed by atoms with Crippen LogP contribution in [0.1, 0.15) is 98.2 Å². The number of nitrogens with zero attached hydrogens (tertiary/aromatic N) is 1. The van der Waals surface area contributed by atoms with E-state index in [0.29, 0.717) is 31.7 Å². The fraction of sp³-hybridized carbons (Fsp3) is 0.488. The lowest BCUT2D eigenvalue weighted by Gasteiger charge is -2.44. The highest BCUT2D eigenvalue weighted by Crippen LogP contribution is 2.44. The highest BCUT2D eigenvalue weighted by Gasteiger charge is 2.52. The van der Waals surface area contributed by atoms with Crippen molar-refractivity contribution < 1.29 is 28.2 Å². The first kappa shape index (κ1) is 38.5. The third-order valence-electron chi connectivity index (χ3n) is 10.3. The first-order chi connectivity index (χ1) is 24.2. The van der Waals surface area contributed by atoms with Gasteiger partial charge in [0, 0.05) is 17.7 Å². The monoisotopic (exact) mass is 711 g/mol. The fourth-order valence-corrected chi connectivity index (χ4v) is 12.5. The third kappa shape index (κ3) is 8.19. The zero-order chi connectivity index (χ0) is 37.0. The van der Waals surface area contributed by atoms with Crippen molar-refractivity contribution in [3.8, 4) is 0 Å². The van der Waals surface area contributed by atoms with Gasteiger partial charge in [0.15, 0.2) is 0 Å². The van der Waals surface area contributed by atoms with E-state index < -0.39 is 25.9 Å². The first-order valence-electron chi connectivity index (χ1n) is 18.5. The van der Waals surface area contributed by atoms with Gasteiger partial charge in [-0.15, -0.1) is 0 Å². The van der Waals surface area contributed by atoms with Crippen LogP contribution in [0.2, 0.25) is 5.04 Å². The van der Waals surface area contributed by atoms with E-state index in [4.69, 9.17) is 18.6 Å². The summed E-state index contributed by atoms with van der Waals surface area (Å²) in [6.45, 7) is 17.8. The number of benzene rings is 3. The van der Waals surface area contributed by atoms with E-state index >= 15 is 0 Å². The number of methoxy groups -OCH3 is 1. The second kappa shape index (κ2) is 15.5. The van der Waals surface area contributed by atoms with Crippen molar-refractivity contribution in [2.45, 2.75) is 110 Å². The van der Waals surface area contributed by atoms with Crippen LogP contribution in [0.15, 0.2) is 84.9 Å². The number of hydrogen-bond acceptors (Lipinski definition) is 6. The van der Waals surface area contributed by atoms with Gasteiger partial charge >= 0.3 is 12.1 Å². The van der Waals surface area contributed by atoms with Gasteiger partial charge in [0.2, 0.25) is 0 Å². The molecule has 1 aromatic heterocycles. The Bertz CT molecular complexity index is 1740. The maximum Gasteiger partial charge on any atom is 0.419 e. The maximum absolute atomic E-state index is 14.1. The summed E-state index contributed by atoms with van der Waals surface area (Å²) in [5, 5.41) is 3.15. The highest BCUT2D eigenvalue weighted by atomic mass is 28.4. The molecular formula is C43H57NO6Si. The molecule has 0 bridgehead atoms. The molecule has 0 aliphatic carbocycles. The van der Waals surface area contributed by atoms with Gasteiger partial charge in [-0.25, -0.2) is 9.36 Å². The van der Waals surface area contributed by atoms with Crippen LogP contribution in [0.25, 0.3) is 10.9 Å². The molecule has 0 radical (unpaired) electrons. The lowest BCUT2D eigenvalue weighted by Crippen LogP contribution is -2.67. The molecule has 1 unspecified atom stereocenters. The number of aromatic nitrogens is 1. The third-order valence-corrected chi connectivity index (χ3v) is 15.3. The summed E-state index contributed by atoms with van der Waals surface area (Å²) in [7, 11) is -1.45. The van der Waals surface area contributed by atoms with Crippen LogP contribution in [0.4, 0.5) is 4.79 Å². The van der Waals surface area contributed by atoms with E-state index in [9.17, 15) is 9.59 Å². The number of para-hydroxylation sites is 1. The van der Waals surface area contributed by atoms with E-state index in [1.165, 1.54) is 17.5 Å². The summed E-state index contributed by atoms with van der Waals surface area (Å²) in [5.74, 6) is -1.20. The van der Waals surface area contributed by atoms with Gasteiger partial charge in [-0.05, 0) is 79.4 Å². The summed E-state index contributed by atoms with van der Waals surface area (Å²) in [5.41, 5.74) is 1.37. The van der Waals surface area contributed by atoms with Crippen molar-refractivity contribution in [2.24, 2.45) is 5.92 Å². The van der Waals surface area contributed by atoms with E-state index in [2.05, 4.69) is 83.1 Å². The van der Waals surface area contributed by atoms with Gasteiger partial charge in [0.25, 0.3) is 8.32 Å². The molecule has 0 saturated carbocycles. The summed E-state index contributed by atoms with van der Waals surface area (Å²) < 4.78 is 26.8. The maximum atomic E-state index is 14.1. The number of carbonyl (C=O) groups is 2. The molecule has 1 fully saturated rings. The van der Waals surface area contributed by atoms with Crippen LogP contribution in [-0.4, -0.2) is 56.5 Å². The molecule has 3 aromatic carbocycles. The van der Waals surface area contributed by atoms with E-state index in [-0.39, 0.29) is 22.5 Å². The average molecular weight is 712 g/mol. The molecule has 2 heterocycles. The quantitative estimate of drug-likeness (QED) is 0.0740. The largest absolute Gasteiger partial charge is 0.469 e. The molecule has 51 heavy (non-hydrogen) atoms. The standard InChI is InChI=1S/C43H57NO6Si/c1-10-20-35-34-25-18-19-26-37(34)44(40(46)50-41(3,4)5)38(35)36(39(45)47-9)27-31(28-43(11-2)30-48-43)29-49-51(42(6,7)8,32-21-14-12-15-22-32)33-23-16-13-17-24-33/h12-19,21-26,31,36H,10-11,20,27-30H2,1-9H3/t31-,36?,43-/m1/s1. The number of esters is 1. The smallest absolute Gasteiger partial charge is 0.419 e. The number of rotatable bonds is 14. The molecule has 1 saturated heterocycles. The first-order valence-corrected chi connectivity index (χ1v) is 20.4. The molecule has 3 atom stereocenters. The van der Waals surface area contributed by atoms with Crippen LogP contribution in [0, 0.1) is 5.92 Å². The Labute approximate surface area is 305 Å². The Hall–Kier alpha value is -3.72. The van der Waals surface area contributed by atoms with Gasteiger partial charge < -0.3 is 18.6 Å². The van der Waals surface area contributed by atoms with Gasteiger partial charge in [-0.1, -0.05) is 120 Å². The lowest BCUT2D eigenvalue weighted by atomic mass is 9.83. The molecular weight excluding hydrogens is 655 g/mol. The van der Waals surface area contributed by atoms with Crippen LogP contribution in [0.3, 0.4) is 0 Å². The summed E-state index contributed by atoms with van der Waals surface area (Å²) >= 11 is 0. The van der Waals surface area contributed by atoms with Gasteiger partial charge in [-0.2, -0.15) is 0 Å². The lowest BCUT2D eigenvalue weighted by molar-refractivity contribution is -0.143. The van der Waals surface area contributed by atoms with Crippen molar-refractivity contribution in [1.29, 1.82) is 0 Å². The molecule has 274 valence electrons. The fourth-order valence-electron chi connectivity index (χ4n) is 7.81. The summed E-state index contributed by atoms with van der Waals surface area (Å²) in [6.07, 6.45) is 3.06. The number of epoxide rings is 1. The van der Waals surface area contributed by atoms with Crippen molar-refractivity contribution in [3.05, 3.63) is 96.2 Å². The van der Waals surface area contributed by atoms with E-state index in [1.807, 2.05) is 57.2 Å². The molecule has 1 aliphatic rings. The van der Waals surface area contributed by atoms with E-state index in [1.54, 1.807) is 4.57 Å². The van der Waals surface area contributed by atoms with Crippen LogP contribution in [0.5, 0.6) is 0 Å². The topological polar surface area (TPSA) is 79.3 Å². The van der Waals surface area contributed by atoms with Crippen molar-refractivity contribution >= 4 is 41.7 Å². The van der Waals surface area contributed by atoms with Crippen LogP contribution >= 0.6 is 0 Å². The number of ether oxygens (including phenoxy) is 3. The molecule has 0 amide bonds. The Morgan fingerprint density at radius 2 is 1.45 bits per heavy atom. The molecule has 4 aromatic rings. The second-order valence-corrected chi connectivity index (χ2v) is 20.4. The molecule has 0 spiro atoms. The molecule has 7 nitrogen and oxygen atoms in total. The Balaban J connectivity index is 1.65. The highest BCUT2D eigenvalue weighted by molar-refractivity contribution is 6.99. The molecule has 1 aliphatic heterocycles. The van der Waals surface area contributed by atoms with Gasteiger partial charge in [0.1, 0.15) is 5.60 Å². The number of hydrogen-bond donors (Lipinski definition) is 0. The minimum absolute atomic E-state index is 0.0854. The van der Waals surface area contributed by atoms with Crippen molar-refractivity contribution in [1.82, 2.24) is 4.57 Å². The van der Waals surface area contributed by atoms with Crippen molar-refractivity contribution in [2.75, 3.05) is 20.3 Å². The van der Waals surface area contributed by atoms with Crippen molar-refractivity contribution in [3.63, 3.8) is 0 Å². The summed E-state index contributed by atoms with van der Waals surface area (Å²) in [6, 6.07) is 29.1. The Morgan fingerprint density at radius 3 is 1.94 bits per heavy atom. The zero-order valence-corrected chi connectivity index (χ0v) is 33.1. The van der Waals surface area contributed by atoms with Gasteiger partial charge in [-0.3, -0.25) is 4.79 Å². The molecule has 8 heteroatoms. The van der Waals surface area contributed by atoms with Crippen LogP contribution in [-0.2, 0) is 29.9 Å².